The number of carbonyl (C=O) groups is 2. The summed E-state index contributed by atoms with van der Waals surface area (Å²) >= 11 is 0. The molecular weight excluding hydrogens is 452 g/mol. The predicted octanol–water partition coefficient (Wildman–Crippen LogP) is 7.79. The van der Waals surface area contributed by atoms with Gasteiger partial charge in [-0.25, -0.2) is 9.59 Å². The Kier molecular flexibility index (Phi) is 6.63. The monoisotopic (exact) mass is 484 g/mol. The number of anilines is 2. The first kappa shape index (κ1) is 25.0. The Bertz CT molecular complexity index is 1410. The highest BCUT2D eigenvalue weighted by atomic mass is 16.6. The molecule has 0 aliphatic rings. The van der Waals surface area contributed by atoms with Crippen molar-refractivity contribution in [2.75, 3.05) is 5.32 Å². The summed E-state index contributed by atoms with van der Waals surface area (Å²) in [7, 11) is 0. The number of benzene rings is 3. The lowest BCUT2D eigenvalue weighted by atomic mass is 10.0. The van der Waals surface area contributed by atoms with Gasteiger partial charge in [-0.1, -0.05) is 36.4 Å². The fourth-order valence-electron chi connectivity index (χ4n) is 3.82. The van der Waals surface area contributed by atoms with E-state index in [-0.39, 0.29) is 0 Å². The lowest BCUT2D eigenvalue weighted by Crippen LogP contribution is -2.26. The highest BCUT2D eigenvalue weighted by Gasteiger charge is 2.22. The van der Waals surface area contributed by atoms with Crippen LogP contribution >= 0.6 is 0 Å². The fourth-order valence-corrected chi connectivity index (χ4v) is 3.82. The second-order valence-corrected chi connectivity index (χ2v) is 10.7. The van der Waals surface area contributed by atoms with Gasteiger partial charge in [0.1, 0.15) is 11.2 Å². The summed E-state index contributed by atoms with van der Waals surface area (Å²) in [6.07, 6.45) is 1.27. The van der Waals surface area contributed by atoms with E-state index in [9.17, 15) is 9.59 Å². The minimum absolute atomic E-state index is 0.401. The highest BCUT2D eigenvalue weighted by Crippen LogP contribution is 2.31. The number of fused-ring (bicyclic) bond motifs is 1. The van der Waals surface area contributed by atoms with Crippen LogP contribution in [0.15, 0.2) is 79.0 Å². The number of hydrogen-bond acceptors (Lipinski definition) is 5. The topological polar surface area (TPSA) is 69.6 Å². The molecular formula is C30H32N2O4. The zero-order valence-electron chi connectivity index (χ0n) is 21.6. The Morgan fingerprint density at radius 3 is 2.11 bits per heavy atom. The molecule has 6 heteroatoms. The Labute approximate surface area is 211 Å². The number of esters is 1. The first-order chi connectivity index (χ1) is 16.9. The van der Waals surface area contributed by atoms with Gasteiger partial charge in [-0.05, 0) is 89.1 Å². The van der Waals surface area contributed by atoms with Crippen LogP contribution < -0.4 is 5.32 Å². The van der Waals surface area contributed by atoms with Gasteiger partial charge in [-0.3, -0.25) is 4.57 Å². The molecule has 0 saturated carbocycles. The van der Waals surface area contributed by atoms with Crippen LogP contribution in [-0.4, -0.2) is 27.8 Å². The summed E-state index contributed by atoms with van der Waals surface area (Å²) in [4.78, 5) is 25.6. The molecule has 1 aromatic heterocycles. The Hall–Kier alpha value is -4.06. The largest absolute Gasteiger partial charge is 0.456 e. The second-order valence-electron chi connectivity index (χ2n) is 10.7. The molecule has 186 valence electrons. The predicted molar refractivity (Wildman–Crippen MR) is 144 cm³/mol. The zero-order valence-corrected chi connectivity index (χ0v) is 21.6. The Balaban J connectivity index is 1.70. The first-order valence-corrected chi connectivity index (χ1v) is 11.9. The molecule has 36 heavy (non-hydrogen) atoms. The third kappa shape index (κ3) is 5.95. The molecule has 0 amide bonds. The normalized spacial score (nSPS) is 11.8. The SMILES string of the molecule is CC(C)(C)OC(=O)c1ccc(-c2ccccc2)cc1Nc1ccc2c(ccn2C(=O)OC(C)(C)C)c1. The Morgan fingerprint density at radius 2 is 1.44 bits per heavy atom. The average Bonchev–Trinajstić information content (AvgIpc) is 3.21. The summed E-state index contributed by atoms with van der Waals surface area (Å²) < 4.78 is 12.7. The van der Waals surface area contributed by atoms with Crippen molar-refractivity contribution in [3.05, 3.63) is 84.6 Å². The minimum atomic E-state index is -0.615. The van der Waals surface area contributed by atoms with Crippen molar-refractivity contribution in [2.24, 2.45) is 0 Å². The zero-order chi connectivity index (χ0) is 26.1. The number of nitrogens with one attached hydrogen (secondary N) is 1. The molecule has 0 radical (unpaired) electrons. The van der Waals surface area contributed by atoms with E-state index in [4.69, 9.17) is 9.47 Å². The Morgan fingerprint density at radius 1 is 0.750 bits per heavy atom. The molecule has 0 fully saturated rings. The standard InChI is InChI=1S/C30H32N2O4/c1-29(2,3)35-27(33)24-14-12-21(20-10-8-7-9-11-20)19-25(24)31-23-13-15-26-22(18-23)16-17-32(26)28(34)36-30(4,5)6/h7-19,31H,1-6H3. The number of ether oxygens (including phenoxy) is 2. The van der Waals surface area contributed by atoms with E-state index >= 15 is 0 Å². The highest BCUT2D eigenvalue weighted by molar-refractivity contribution is 5.99. The van der Waals surface area contributed by atoms with Gasteiger partial charge in [-0.2, -0.15) is 0 Å². The van der Waals surface area contributed by atoms with Crippen LogP contribution in [0.3, 0.4) is 0 Å². The van der Waals surface area contributed by atoms with Crippen LogP contribution in [-0.2, 0) is 9.47 Å². The summed E-state index contributed by atoms with van der Waals surface area (Å²) in [5.41, 5.74) is 3.41. The van der Waals surface area contributed by atoms with E-state index in [1.807, 2.05) is 108 Å². The molecule has 6 nitrogen and oxygen atoms in total. The third-order valence-electron chi connectivity index (χ3n) is 5.30. The second kappa shape index (κ2) is 9.53. The van der Waals surface area contributed by atoms with Crippen molar-refractivity contribution >= 4 is 34.3 Å². The van der Waals surface area contributed by atoms with E-state index in [1.165, 1.54) is 4.57 Å². The van der Waals surface area contributed by atoms with Gasteiger partial charge in [0.05, 0.1) is 16.8 Å². The molecule has 0 aliphatic carbocycles. The fraction of sp³-hybridized carbons (Fsp3) is 0.267. The number of nitrogens with zero attached hydrogens (tertiary/aromatic N) is 1. The van der Waals surface area contributed by atoms with Gasteiger partial charge in [-0.15, -0.1) is 0 Å². The maximum atomic E-state index is 13.0. The first-order valence-electron chi connectivity index (χ1n) is 11.9. The van der Waals surface area contributed by atoms with Gasteiger partial charge >= 0.3 is 12.1 Å². The minimum Gasteiger partial charge on any atom is -0.456 e. The number of rotatable bonds is 4. The quantitative estimate of drug-likeness (QED) is 0.299. The van der Waals surface area contributed by atoms with Gasteiger partial charge in [0.15, 0.2) is 0 Å². The van der Waals surface area contributed by atoms with Gasteiger partial charge in [0.25, 0.3) is 0 Å². The summed E-state index contributed by atoms with van der Waals surface area (Å²) in [6, 6.07) is 23.2. The van der Waals surface area contributed by atoms with Gasteiger partial charge in [0.2, 0.25) is 0 Å². The van der Waals surface area contributed by atoms with Crippen LogP contribution in [0.4, 0.5) is 16.2 Å². The molecule has 4 aromatic rings. The lowest BCUT2D eigenvalue weighted by Gasteiger charge is -2.21. The molecule has 0 unspecified atom stereocenters. The molecule has 0 atom stereocenters. The van der Waals surface area contributed by atoms with Crippen molar-refractivity contribution in [1.82, 2.24) is 4.57 Å². The van der Waals surface area contributed by atoms with Gasteiger partial charge < -0.3 is 14.8 Å². The summed E-state index contributed by atoms with van der Waals surface area (Å²) in [5.74, 6) is -0.401. The number of hydrogen-bond donors (Lipinski definition) is 1. The van der Waals surface area contributed by atoms with Crippen LogP contribution in [0.2, 0.25) is 0 Å². The van der Waals surface area contributed by atoms with E-state index in [0.29, 0.717) is 11.3 Å². The molecule has 4 rings (SSSR count). The number of aromatic nitrogens is 1. The number of carbonyl (C=O) groups excluding carboxylic acids is 2. The van der Waals surface area contributed by atoms with Gasteiger partial charge in [0, 0.05) is 17.3 Å². The molecule has 0 saturated heterocycles. The van der Waals surface area contributed by atoms with E-state index in [1.54, 1.807) is 12.3 Å². The van der Waals surface area contributed by atoms with E-state index < -0.39 is 23.3 Å². The summed E-state index contributed by atoms with van der Waals surface area (Å²) in [6.45, 7) is 11.1. The van der Waals surface area contributed by atoms with Crippen LogP contribution in [0, 0.1) is 0 Å². The van der Waals surface area contributed by atoms with Crippen molar-refractivity contribution in [3.8, 4) is 11.1 Å². The van der Waals surface area contributed by atoms with Crippen molar-refractivity contribution in [3.63, 3.8) is 0 Å². The van der Waals surface area contributed by atoms with Crippen LogP contribution in [0.25, 0.3) is 22.0 Å². The van der Waals surface area contributed by atoms with Crippen molar-refractivity contribution in [1.29, 1.82) is 0 Å². The van der Waals surface area contributed by atoms with Crippen LogP contribution in [0.1, 0.15) is 51.9 Å². The lowest BCUT2D eigenvalue weighted by molar-refractivity contribution is 0.00704. The third-order valence-corrected chi connectivity index (χ3v) is 5.30. The van der Waals surface area contributed by atoms with Crippen molar-refractivity contribution in [2.45, 2.75) is 52.7 Å². The maximum absolute atomic E-state index is 13.0. The molecule has 1 N–H and O–H groups in total. The maximum Gasteiger partial charge on any atom is 0.418 e. The van der Waals surface area contributed by atoms with Crippen molar-refractivity contribution < 1.29 is 19.1 Å². The molecule has 3 aromatic carbocycles. The van der Waals surface area contributed by atoms with E-state index in [2.05, 4.69) is 5.32 Å². The summed E-state index contributed by atoms with van der Waals surface area (Å²) in [5, 5.41) is 4.26. The van der Waals surface area contributed by atoms with E-state index in [0.717, 1.165) is 27.7 Å². The molecule has 1 heterocycles. The molecule has 0 bridgehead atoms. The average molecular weight is 485 g/mol. The molecule has 0 aliphatic heterocycles. The van der Waals surface area contributed by atoms with Crippen LogP contribution in [0.5, 0.6) is 0 Å². The molecule has 0 spiro atoms. The smallest absolute Gasteiger partial charge is 0.418 e.